The monoisotopic (exact) mass is 259 g/mol. The third-order valence-electron chi connectivity index (χ3n) is 1.86. The molecule has 0 aromatic heterocycles. The van der Waals surface area contributed by atoms with Crippen LogP contribution in [0.3, 0.4) is 0 Å². The first kappa shape index (κ1) is 13.3. The maximum absolute atomic E-state index is 12.0. The van der Waals surface area contributed by atoms with E-state index in [0.29, 0.717) is 0 Å². The highest BCUT2D eigenvalue weighted by Crippen LogP contribution is 2.27. The van der Waals surface area contributed by atoms with Gasteiger partial charge in [0.25, 0.3) is 0 Å². The van der Waals surface area contributed by atoms with Gasteiger partial charge >= 0.3 is 12.6 Å². The van der Waals surface area contributed by atoms with Gasteiger partial charge in [-0.3, -0.25) is 4.79 Å². The van der Waals surface area contributed by atoms with Crippen molar-refractivity contribution >= 4 is 18.6 Å². The van der Waals surface area contributed by atoms with E-state index in [1.54, 1.807) is 6.07 Å². The molecule has 0 radical (unpaired) electrons. The quantitative estimate of drug-likeness (QED) is 0.812. The minimum atomic E-state index is -3.06. The van der Waals surface area contributed by atoms with Gasteiger partial charge in [-0.15, -0.1) is 12.6 Å². The number of carbonyl (C=O) groups is 1. The van der Waals surface area contributed by atoms with Crippen LogP contribution in [0.4, 0.5) is 8.78 Å². The molecule has 0 aliphatic rings. The maximum atomic E-state index is 12.0. The molecule has 0 saturated heterocycles. The van der Waals surface area contributed by atoms with Crippen molar-refractivity contribution in [1.29, 1.82) is 5.26 Å². The predicted molar refractivity (Wildman–Crippen MR) is 56.4 cm³/mol. The first-order valence-corrected chi connectivity index (χ1v) is 4.81. The SMILES string of the molecule is N#Cc1cc(CC(=O)O)c(S)cc1OC(F)F. The minimum absolute atomic E-state index is 0.153. The van der Waals surface area contributed by atoms with E-state index < -0.39 is 12.6 Å². The molecule has 0 aliphatic carbocycles. The second-order valence-electron chi connectivity index (χ2n) is 3.04. The number of nitriles is 1. The first-order valence-electron chi connectivity index (χ1n) is 4.36. The molecule has 90 valence electrons. The van der Waals surface area contributed by atoms with E-state index >= 15 is 0 Å². The Morgan fingerprint density at radius 2 is 2.24 bits per heavy atom. The van der Waals surface area contributed by atoms with Gasteiger partial charge in [0.05, 0.1) is 12.0 Å². The number of alkyl halides is 2. The van der Waals surface area contributed by atoms with E-state index in [1.165, 1.54) is 6.07 Å². The Labute approximate surface area is 101 Å². The van der Waals surface area contributed by atoms with Gasteiger partial charge in [0.1, 0.15) is 11.8 Å². The van der Waals surface area contributed by atoms with E-state index in [-0.39, 0.29) is 28.2 Å². The molecule has 4 nitrogen and oxygen atoms in total. The zero-order valence-electron chi connectivity index (χ0n) is 8.35. The second-order valence-corrected chi connectivity index (χ2v) is 3.52. The molecule has 1 N–H and O–H groups in total. The number of hydrogen-bond donors (Lipinski definition) is 2. The number of carboxylic acid groups (broad SMARTS) is 1. The summed E-state index contributed by atoms with van der Waals surface area (Å²) in [5.41, 5.74) is 0.110. The summed E-state index contributed by atoms with van der Waals surface area (Å²) in [7, 11) is 0. The molecule has 0 bridgehead atoms. The van der Waals surface area contributed by atoms with Gasteiger partial charge in [-0.05, 0) is 17.7 Å². The molecule has 0 heterocycles. The number of carboxylic acids is 1. The summed E-state index contributed by atoms with van der Waals surface area (Å²) in [6.07, 6.45) is -0.345. The molecule has 0 fully saturated rings. The zero-order valence-corrected chi connectivity index (χ0v) is 9.25. The maximum Gasteiger partial charge on any atom is 0.387 e. The molecule has 0 spiro atoms. The van der Waals surface area contributed by atoms with Gasteiger partial charge in [-0.25, -0.2) is 0 Å². The van der Waals surface area contributed by atoms with E-state index in [9.17, 15) is 13.6 Å². The molecular formula is C10H7F2NO3S. The van der Waals surface area contributed by atoms with Gasteiger partial charge in [0.15, 0.2) is 0 Å². The molecule has 7 heteroatoms. The lowest BCUT2D eigenvalue weighted by atomic mass is 10.1. The van der Waals surface area contributed by atoms with E-state index in [2.05, 4.69) is 17.4 Å². The summed E-state index contributed by atoms with van der Waals surface area (Å²) in [5, 5.41) is 17.3. The average molecular weight is 259 g/mol. The smallest absolute Gasteiger partial charge is 0.387 e. The summed E-state index contributed by atoms with van der Waals surface area (Å²) in [6.45, 7) is -3.06. The number of thiol groups is 1. The standard InChI is InChI=1S/C10H7F2NO3S/c11-10(12)16-7-3-8(17)5(2-9(14)15)1-6(7)4-13/h1,3,10,17H,2H2,(H,14,15). The molecule has 1 rings (SSSR count). The van der Waals surface area contributed by atoms with Gasteiger partial charge in [0, 0.05) is 4.90 Å². The number of ether oxygens (including phenoxy) is 1. The lowest BCUT2D eigenvalue weighted by molar-refractivity contribution is -0.136. The lowest BCUT2D eigenvalue weighted by Crippen LogP contribution is -2.06. The van der Waals surface area contributed by atoms with Crippen LogP contribution in [0.5, 0.6) is 5.75 Å². The highest BCUT2D eigenvalue weighted by atomic mass is 32.1. The highest BCUT2D eigenvalue weighted by molar-refractivity contribution is 7.80. The average Bonchev–Trinajstić information content (AvgIpc) is 2.20. The normalized spacial score (nSPS) is 10.1. The van der Waals surface area contributed by atoms with Crippen LogP contribution in [0, 0.1) is 11.3 Å². The summed E-state index contributed by atoms with van der Waals surface area (Å²) in [5.74, 6) is -1.42. The molecule has 0 atom stereocenters. The molecule has 0 unspecified atom stereocenters. The van der Waals surface area contributed by atoms with E-state index in [1.807, 2.05) is 0 Å². The summed E-state index contributed by atoms with van der Waals surface area (Å²) < 4.78 is 28.2. The van der Waals surface area contributed by atoms with Crippen molar-refractivity contribution < 1.29 is 23.4 Å². The Kier molecular flexibility index (Phi) is 4.29. The zero-order chi connectivity index (χ0) is 13.0. The number of nitrogens with zero attached hydrogens (tertiary/aromatic N) is 1. The highest BCUT2D eigenvalue weighted by Gasteiger charge is 2.14. The largest absolute Gasteiger partial charge is 0.481 e. The van der Waals surface area contributed by atoms with Crippen molar-refractivity contribution in [3.8, 4) is 11.8 Å². The number of rotatable bonds is 4. The predicted octanol–water partition coefficient (Wildman–Crippen LogP) is 2.08. The van der Waals surface area contributed by atoms with Crippen molar-refractivity contribution in [3.63, 3.8) is 0 Å². The van der Waals surface area contributed by atoms with E-state index in [4.69, 9.17) is 10.4 Å². The van der Waals surface area contributed by atoms with Crippen LogP contribution < -0.4 is 4.74 Å². The minimum Gasteiger partial charge on any atom is -0.481 e. The number of aliphatic carboxylic acids is 1. The van der Waals surface area contributed by atoms with Crippen molar-refractivity contribution in [2.24, 2.45) is 0 Å². The summed E-state index contributed by atoms with van der Waals surface area (Å²) in [4.78, 5) is 10.7. The topological polar surface area (TPSA) is 70.3 Å². The molecule has 17 heavy (non-hydrogen) atoms. The Hall–Kier alpha value is -1.81. The number of hydrogen-bond acceptors (Lipinski definition) is 4. The first-order chi connectivity index (χ1) is 7.93. The molecular weight excluding hydrogens is 252 g/mol. The van der Waals surface area contributed by atoms with Crippen molar-refractivity contribution in [3.05, 3.63) is 23.3 Å². The van der Waals surface area contributed by atoms with Crippen molar-refractivity contribution in [2.75, 3.05) is 0 Å². The van der Waals surface area contributed by atoms with Gasteiger partial charge < -0.3 is 9.84 Å². The fourth-order valence-corrected chi connectivity index (χ4v) is 1.46. The van der Waals surface area contributed by atoms with Crippen LogP contribution in [-0.2, 0) is 11.2 Å². The fourth-order valence-electron chi connectivity index (χ4n) is 1.20. The summed E-state index contributed by atoms with van der Waals surface area (Å²) >= 11 is 3.95. The molecule has 1 aromatic carbocycles. The Bertz CT molecular complexity index is 485. The number of halogens is 2. The third-order valence-corrected chi connectivity index (χ3v) is 2.28. The van der Waals surface area contributed by atoms with Crippen molar-refractivity contribution in [2.45, 2.75) is 17.9 Å². The van der Waals surface area contributed by atoms with Crippen LogP contribution in [0.1, 0.15) is 11.1 Å². The van der Waals surface area contributed by atoms with Gasteiger partial charge in [0.2, 0.25) is 0 Å². The second kappa shape index (κ2) is 5.50. The Morgan fingerprint density at radius 3 is 2.71 bits per heavy atom. The molecule has 1 aromatic rings. The van der Waals surface area contributed by atoms with Crippen LogP contribution in [0.25, 0.3) is 0 Å². The van der Waals surface area contributed by atoms with E-state index in [0.717, 1.165) is 6.07 Å². The fraction of sp³-hybridized carbons (Fsp3) is 0.200. The molecule has 0 amide bonds. The van der Waals surface area contributed by atoms with Gasteiger partial charge in [-0.1, -0.05) is 0 Å². The Morgan fingerprint density at radius 1 is 1.59 bits per heavy atom. The van der Waals surface area contributed by atoms with Crippen molar-refractivity contribution in [1.82, 2.24) is 0 Å². The molecule has 0 saturated carbocycles. The van der Waals surface area contributed by atoms with Crippen LogP contribution in [-0.4, -0.2) is 17.7 Å². The molecule has 0 aliphatic heterocycles. The third kappa shape index (κ3) is 3.60. The summed E-state index contributed by atoms with van der Waals surface area (Å²) in [6, 6.07) is 3.93. The Balaban J connectivity index is 3.16. The van der Waals surface area contributed by atoms with Crippen LogP contribution in [0.15, 0.2) is 17.0 Å². The van der Waals surface area contributed by atoms with Crippen LogP contribution >= 0.6 is 12.6 Å². The van der Waals surface area contributed by atoms with Crippen LogP contribution in [0.2, 0.25) is 0 Å². The lowest BCUT2D eigenvalue weighted by Gasteiger charge is -2.09. The van der Waals surface area contributed by atoms with Gasteiger partial charge in [-0.2, -0.15) is 14.0 Å². The number of benzene rings is 1.